The molecule has 7 nitrogen and oxygen atoms in total. The molecule has 29 heavy (non-hydrogen) atoms. The molecule has 9 heteroatoms. The zero-order valence-electron chi connectivity index (χ0n) is 15.9. The Bertz CT molecular complexity index is 1030. The number of halogens is 1. The highest BCUT2D eigenvalue weighted by molar-refractivity contribution is 7.92. The molecular formula is C20H22FN3O4S. The van der Waals surface area contributed by atoms with Crippen molar-refractivity contribution in [2.24, 2.45) is 0 Å². The Kier molecular flexibility index (Phi) is 6.17. The minimum absolute atomic E-state index is 0.0627. The molecule has 0 radical (unpaired) electrons. The SMILES string of the molecule is CCS(=O)(=O)Nc1cccc(C(=O)N2CCCC2C(=O)Nc2ccccc2F)c1. The van der Waals surface area contributed by atoms with Crippen LogP contribution in [0, 0.1) is 5.82 Å². The summed E-state index contributed by atoms with van der Waals surface area (Å²) >= 11 is 0. The molecule has 0 bridgehead atoms. The van der Waals surface area contributed by atoms with Crippen LogP contribution in [-0.4, -0.2) is 43.5 Å². The van der Waals surface area contributed by atoms with Gasteiger partial charge in [-0.1, -0.05) is 18.2 Å². The number of rotatable bonds is 6. The van der Waals surface area contributed by atoms with Crippen molar-refractivity contribution >= 4 is 33.2 Å². The van der Waals surface area contributed by atoms with Crippen molar-refractivity contribution in [1.82, 2.24) is 4.90 Å². The Balaban J connectivity index is 1.76. The predicted molar refractivity (Wildman–Crippen MR) is 109 cm³/mol. The largest absolute Gasteiger partial charge is 0.327 e. The van der Waals surface area contributed by atoms with Crippen molar-refractivity contribution < 1.29 is 22.4 Å². The molecule has 1 heterocycles. The lowest BCUT2D eigenvalue weighted by Crippen LogP contribution is -2.43. The van der Waals surface area contributed by atoms with Gasteiger partial charge in [-0.05, 0) is 50.1 Å². The lowest BCUT2D eigenvalue weighted by molar-refractivity contribution is -0.119. The third-order valence-electron chi connectivity index (χ3n) is 4.71. The molecule has 2 amide bonds. The number of likely N-dealkylation sites (tertiary alicyclic amines) is 1. The highest BCUT2D eigenvalue weighted by Crippen LogP contribution is 2.24. The normalized spacial score (nSPS) is 16.5. The van der Waals surface area contributed by atoms with Gasteiger partial charge in [0.25, 0.3) is 5.91 Å². The van der Waals surface area contributed by atoms with Gasteiger partial charge >= 0.3 is 0 Å². The minimum atomic E-state index is -3.47. The van der Waals surface area contributed by atoms with Crippen LogP contribution in [0.2, 0.25) is 0 Å². The van der Waals surface area contributed by atoms with E-state index in [0.29, 0.717) is 19.4 Å². The highest BCUT2D eigenvalue weighted by atomic mass is 32.2. The number of nitrogens with zero attached hydrogens (tertiary/aromatic N) is 1. The molecule has 2 aromatic rings. The molecule has 2 N–H and O–H groups in total. The fourth-order valence-electron chi connectivity index (χ4n) is 3.19. The van der Waals surface area contributed by atoms with Crippen LogP contribution in [0.15, 0.2) is 48.5 Å². The molecule has 0 aromatic heterocycles. The standard InChI is InChI=1S/C20H22FN3O4S/c1-2-29(27,28)23-15-8-5-7-14(13-15)20(26)24-12-6-11-18(24)19(25)22-17-10-4-3-9-16(17)21/h3-5,7-10,13,18,23H,2,6,11-12H2,1H3,(H,22,25). The van der Waals surface area contributed by atoms with Crippen molar-refractivity contribution in [1.29, 1.82) is 0 Å². The average molecular weight is 419 g/mol. The number of hydrogen-bond acceptors (Lipinski definition) is 4. The van der Waals surface area contributed by atoms with E-state index in [4.69, 9.17) is 0 Å². The summed E-state index contributed by atoms with van der Waals surface area (Å²) in [5.41, 5.74) is 0.615. The first kappa shape index (κ1) is 20.8. The van der Waals surface area contributed by atoms with E-state index < -0.39 is 27.8 Å². The van der Waals surface area contributed by atoms with E-state index in [9.17, 15) is 22.4 Å². The van der Waals surface area contributed by atoms with Crippen molar-refractivity contribution in [2.75, 3.05) is 22.3 Å². The third kappa shape index (κ3) is 4.92. The maximum absolute atomic E-state index is 13.8. The van der Waals surface area contributed by atoms with Gasteiger partial charge in [-0.15, -0.1) is 0 Å². The Morgan fingerprint density at radius 3 is 2.66 bits per heavy atom. The van der Waals surface area contributed by atoms with Gasteiger partial charge in [0.2, 0.25) is 15.9 Å². The molecule has 1 saturated heterocycles. The van der Waals surface area contributed by atoms with Crippen LogP contribution in [0.1, 0.15) is 30.1 Å². The van der Waals surface area contributed by atoms with Gasteiger partial charge in [0, 0.05) is 17.8 Å². The summed E-state index contributed by atoms with van der Waals surface area (Å²) in [5.74, 6) is -1.47. The second kappa shape index (κ2) is 8.60. The van der Waals surface area contributed by atoms with Crippen molar-refractivity contribution in [3.8, 4) is 0 Å². The van der Waals surface area contributed by atoms with Crippen LogP contribution in [0.25, 0.3) is 0 Å². The van der Waals surface area contributed by atoms with E-state index >= 15 is 0 Å². The van der Waals surface area contributed by atoms with Crippen LogP contribution in [0.3, 0.4) is 0 Å². The molecule has 3 rings (SSSR count). The van der Waals surface area contributed by atoms with Crippen LogP contribution in [0.4, 0.5) is 15.8 Å². The predicted octanol–water partition coefficient (Wildman–Crippen LogP) is 2.83. The number of anilines is 2. The van der Waals surface area contributed by atoms with Gasteiger partial charge in [0.15, 0.2) is 0 Å². The molecule has 2 aromatic carbocycles. The number of para-hydroxylation sites is 1. The van der Waals surface area contributed by atoms with E-state index in [0.717, 1.165) is 0 Å². The number of carbonyl (C=O) groups excluding carboxylic acids is 2. The Morgan fingerprint density at radius 1 is 1.17 bits per heavy atom. The summed E-state index contributed by atoms with van der Waals surface area (Å²) in [5, 5.41) is 2.54. The van der Waals surface area contributed by atoms with Gasteiger partial charge in [-0.2, -0.15) is 0 Å². The lowest BCUT2D eigenvalue weighted by atomic mass is 10.1. The first-order chi connectivity index (χ1) is 13.8. The molecule has 0 spiro atoms. The van der Waals surface area contributed by atoms with Crippen molar-refractivity contribution in [3.63, 3.8) is 0 Å². The van der Waals surface area contributed by atoms with E-state index in [-0.39, 0.29) is 28.6 Å². The number of sulfonamides is 1. The number of carbonyl (C=O) groups is 2. The maximum Gasteiger partial charge on any atom is 0.254 e. The highest BCUT2D eigenvalue weighted by Gasteiger charge is 2.35. The minimum Gasteiger partial charge on any atom is -0.327 e. The Morgan fingerprint density at radius 2 is 1.93 bits per heavy atom. The monoisotopic (exact) mass is 419 g/mol. The fraction of sp³-hybridized carbons (Fsp3) is 0.300. The summed E-state index contributed by atoms with van der Waals surface area (Å²) in [6.07, 6.45) is 1.11. The zero-order chi connectivity index (χ0) is 21.0. The second-order valence-electron chi connectivity index (χ2n) is 6.71. The van der Waals surface area contributed by atoms with Crippen LogP contribution in [-0.2, 0) is 14.8 Å². The van der Waals surface area contributed by atoms with Gasteiger partial charge in [-0.3, -0.25) is 14.3 Å². The van der Waals surface area contributed by atoms with Gasteiger partial charge in [0.05, 0.1) is 11.4 Å². The Hall–Kier alpha value is -2.94. The summed E-state index contributed by atoms with van der Waals surface area (Å²) < 4.78 is 39.7. The number of benzene rings is 2. The molecule has 1 aliphatic rings. The van der Waals surface area contributed by atoms with Gasteiger partial charge in [0.1, 0.15) is 11.9 Å². The Labute approximate surface area is 169 Å². The first-order valence-corrected chi connectivity index (χ1v) is 10.9. The molecule has 1 fully saturated rings. The molecular weight excluding hydrogens is 397 g/mol. The van der Waals surface area contributed by atoms with E-state index in [1.807, 2.05) is 0 Å². The number of amides is 2. The maximum atomic E-state index is 13.8. The van der Waals surface area contributed by atoms with Crippen LogP contribution >= 0.6 is 0 Å². The van der Waals surface area contributed by atoms with Crippen LogP contribution in [0.5, 0.6) is 0 Å². The van der Waals surface area contributed by atoms with E-state index in [1.54, 1.807) is 24.3 Å². The fourth-order valence-corrected chi connectivity index (χ4v) is 3.82. The van der Waals surface area contributed by atoms with Gasteiger partial charge < -0.3 is 10.2 Å². The smallest absolute Gasteiger partial charge is 0.254 e. The van der Waals surface area contributed by atoms with Crippen molar-refractivity contribution in [2.45, 2.75) is 25.8 Å². The van der Waals surface area contributed by atoms with Gasteiger partial charge in [-0.25, -0.2) is 12.8 Å². The van der Waals surface area contributed by atoms with E-state index in [2.05, 4.69) is 10.0 Å². The molecule has 1 aliphatic heterocycles. The summed E-state index contributed by atoms with van der Waals surface area (Å²) in [6.45, 7) is 1.90. The molecule has 1 atom stereocenters. The van der Waals surface area contributed by atoms with Crippen LogP contribution < -0.4 is 10.0 Å². The van der Waals surface area contributed by atoms with Crippen molar-refractivity contribution in [3.05, 3.63) is 59.9 Å². The molecule has 1 unspecified atom stereocenters. The number of nitrogens with one attached hydrogen (secondary N) is 2. The summed E-state index contributed by atoms with van der Waals surface area (Å²) in [6, 6.07) is 11.2. The molecule has 0 saturated carbocycles. The molecule has 0 aliphatic carbocycles. The van der Waals surface area contributed by atoms with E-state index in [1.165, 1.54) is 36.1 Å². The zero-order valence-corrected chi connectivity index (χ0v) is 16.7. The summed E-state index contributed by atoms with van der Waals surface area (Å²) in [7, 11) is -3.47. The quantitative estimate of drug-likeness (QED) is 0.753. The number of hydrogen-bond donors (Lipinski definition) is 2. The second-order valence-corrected chi connectivity index (χ2v) is 8.72. The lowest BCUT2D eigenvalue weighted by Gasteiger charge is -2.24. The average Bonchev–Trinajstić information content (AvgIpc) is 3.19. The summed E-state index contributed by atoms with van der Waals surface area (Å²) in [4.78, 5) is 27.0. The third-order valence-corrected chi connectivity index (χ3v) is 6.02. The topological polar surface area (TPSA) is 95.6 Å². The first-order valence-electron chi connectivity index (χ1n) is 9.27. The molecule has 154 valence electrons.